The largest absolute Gasteiger partial charge is 0.475 e. The molecule has 0 unspecified atom stereocenters. The lowest BCUT2D eigenvalue weighted by atomic mass is 10.2. The van der Waals surface area contributed by atoms with Crippen LogP contribution < -0.4 is 5.32 Å². The minimum atomic E-state index is -1.05. The molecule has 102 valence electrons. The third kappa shape index (κ3) is 3.41. The van der Waals surface area contributed by atoms with E-state index in [0.717, 1.165) is 0 Å². The van der Waals surface area contributed by atoms with E-state index < -0.39 is 5.97 Å². The predicted molar refractivity (Wildman–Crippen MR) is 64.9 cm³/mol. The van der Waals surface area contributed by atoms with Crippen LogP contribution in [0.25, 0.3) is 0 Å². The van der Waals surface area contributed by atoms with Crippen molar-refractivity contribution in [2.24, 2.45) is 0 Å². The normalized spacial score (nSPS) is 10.8. The van der Waals surface area contributed by atoms with Crippen molar-refractivity contribution in [3.63, 3.8) is 0 Å². The second-order valence-electron chi connectivity index (χ2n) is 4.19. The molecule has 2 N–H and O–H groups in total. The molecule has 2 aromatic heterocycles. The van der Waals surface area contributed by atoms with Crippen LogP contribution in [0.4, 0.5) is 0 Å². The first-order valence-electron chi connectivity index (χ1n) is 5.89. The maximum Gasteiger partial charge on any atom is 0.372 e. The highest BCUT2D eigenvalue weighted by Crippen LogP contribution is 2.14. The molecule has 0 aromatic carbocycles. The molecule has 0 spiro atoms. The van der Waals surface area contributed by atoms with E-state index in [2.05, 4.69) is 15.5 Å². The first kappa shape index (κ1) is 13.3. The second-order valence-corrected chi connectivity index (χ2v) is 4.19. The van der Waals surface area contributed by atoms with E-state index in [-0.39, 0.29) is 5.76 Å². The Hall–Kier alpha value is -2.15. The molecule has 0 aliphatic heterocycles. The summed E-state index contributed by atoms with van der Waals surface area (Å²) in [5.74, 6) is 0.723. The maximum absolute atomic E-state index is 10.8. The number of aromatic nitrogens is 2. The van der Waals surface area contributed by atoms with Crippen molar-refractivity contribution < 1.29 is 18.8 Å². The van der Waals surface area contributed by atoms with Gasteiger partial charge < -0.3 is 19.4 Å². The van der Waals surface area contributed by atoms with Gasteiger partial charge in [0.05, 0.1) is 6.54 Å². The summed E-state index contributed by atoms with van der Waals surface area (Å²) in [4.78, 5) is 14.9. The topological polar surface area (TPSA) is 101 Å². The molecule has 0 aliphatic carbocycles. The molecule has 7 heteroatoms. The lowest BCUT2D eigenvalue weighted by Gasteiger charge is -1.99. The first-order valence-corrected chi connectivity index (χ1v) is 5.89. The fraction of sp³-hybridized carbons (Fsp3) is 0.417. The molecule has 0 bridgehead atoms. The van der Waals surface area contributed by atoms with Gasteiger partial charge in [-0.15, -0.1) is 0 Å². The maximum atomic E-state index is 10.8. The highest BCUT2D eigenvalue weighted by Gasteiger charge is 2.13. The summed E-state index contributed by atoms with van der Waals surface area (Å²) in [5.41, 5.74) is 0.622. The van der Waals surface area contributed by atoms with Crippen molar-refractivity contribution >= 4 is 5.97 Å². The van der Waals surface area contributed by atoms with E-state index in [9.17, 15) is 4.79 Å². The van der Waals surface area contributed by atoms with Gasteiger partial charge in [0, 0.05) is 18.5 Å². The molecule has 0 aliphatic rings. The van der Waals surface area contributed by atoms with E-state index in [0.29, 0.717) is 42.5 Å². The number of carboxylic acids is 1. The van der Waals surface area contributed by atoms with Gasteiger partial charge in [0.1, 0.15) is 5.76 Å². The Balaban J connectivity index is 1.79. The number of furan rings is 1. The van der Waals surface area contributed by atoms with Crippen molar-refractivity contribution in [3.8, 4) is 0 Å². The molecule has 0 radical (unpaired) electrons. The zero-order chi connectivity index (χ0) is 13.8. The van der Waals surface area contributed by atoms with Gasteiger partial charge in [-0.2, -0.15) is 4.98 Å². The smallest absolute Gasteiger partial charge is 0.372 e. The van der Waals surface area contributed by atoms with E-state index >= 15 is 0 Å². The van der Waals surface area contributed by atoms with Gasteiger partial charge >= 0.3 is 5.97 Å². The molecule has 0 fully saturated rings. The number of carboxylic acid groups (broad SMARTS) is 1. The molecule has 19 heavy (non-hydrogen) atoms. The van der Waals surface area contributed by atoms with Crippen LogP contribution in [-0.4, -0.2) is 27.8 Å². The van der Waals surface area contributed by atoms with Crippen LogP contribution in [-0.2, 0) is 13.0 Å². The zero-order valence-electron chi connectivity index (χ0n) is 10.8. The van der Waals surface area contributed by atoms with E-state index in [4.69, 9.17) is 14.0 Å². The lowest BCUT2D eigenvalue weighted by Crippen LogP contribution is -2.16. The molecular weight excluding hydrogens is 250 g/mol. The van der Waals surface area contributed by atoms with Crippen molar-refractivity contribution in [1.29, 1.82) is 0 Å². The van der Waals surface area contributed by atoms with Crippen molar-refractivity contribution in [2.75, 3.05) is 6.54 Å². The van der Waals surface area contributed by atoms with Gasteiger partial charge in [-0.25, -0.2) is 4.79 Å². The number of aromatic carboxylic acids is 1. The standard InChI is InChI=1S/C12H15N3O4/c1-7-5-9(18-11(7)12(16)17)6-13-4-3-10-14-8(2)15-19-10/h5,13H,3-4,6H2,1-2H3,(H,16,17). The molecule has 0 amide bonds. The van der Waals surface area contributed by atoms with Gasteiger partial charge in [0.25, 0.3) is 0 Å². The van der Waals surface area contributed by atoms with Gasteiger partial charge in [-0.05, 0) is 19.9 Å². The van der Waals surface area contributed by atoms with Gasteiger partial charge in [0.15, 0.2) is 5.82 Å². The minimum absolute atomic E-state index is 0.00988. The van der Waals surface area contributed by atoms with Crippen LogP contribution in [0.2, 0.25) is 0 Å². The van der Waals surface area contributed by atoms with Gasteiger partial charge in [-0.1, -0.05) is 5.16 Å². The number of nitrogens with one attached hydrogen (secondary N) is 1. The fourth-order valence-electron chi connectivity index (χ4n) is 1.70. The summed E-state index contributed by atoms with van der Waals surface area (Å²) in [6.07, 6.45) is 0.617. The van der Waals surface area contributed by atoms with E-state index in [1.54, 1.807) is 19.9 Å². The van der Waals surface area contributed by atoms with Gasteiger partial charge in [-0.3, -0.25) is 0 Å². The van der Waals surface area contributed by atoms with Crippen LogP contribution in [0.15, 0.2) is 15.0 Å². The number of hydrogen-bond acceptors (Lipinski definition) is 6. The first-order chi connectivity index (χ1) is 9.06. The number of hydrogen-bond donors (Lipinski definition) is 2. The molecule has 2 rings (SSSR count). The summed E-state index contributed by atoms with van der Waals surface area (Å²) in [6.45, 7) is 4.57. The monoisotopic (exact) mass is 265 g/mol. The van der Waals surface area contributed by atoms with Crippen LogP contribution >= 0.6 is 0 Å². The Morgan fingerprint density at radius 2 is 2.26 bits per heavy atom. The number of aryl methyl sites for hydroxylation is 2. The average Bonchev–Trinajstić information content (AvgIpc) is 2.91. The number of nitrogens with zero attached hydrogens (tertiary/aromatic N) is 2. The molecule has 0 saturated heterocycles. The second kappa shape index (κ2) is 5.66. The lowest BCUT2D eigenvalue weighted by molar-refractivity contribution is 0.0659. The molecule has 2 aromatic rings. The summed E-state index contributed by atoms with van der Waals surface area (Å²) in [6, 6.07) is 1.72. The molecule has 2 heterocycles. The highest BCUT2D eigenvalue weighted by molar-refractivity contribution is 5.86. The van der Waals surface area contributed by atoms with Crippen LogP contribution in [0.5, 0.6) is 0 Å². The van der Waals surface area contributed by atoms with Crippen molar-refractivity contribution in [1.82, 2.24) is 15.5 Å². The third-order valence-corrected chi connectivity index (χ3v) is 2.55. The Kier molecular flexibility index (Phi) is 3.96. The molecule has 0 atom stereocenters. The molecular formula is C12H15N3O4. The summed E-state index contributed by atoms with van der Waals surface area (Å²) < 4.78 is 10.2. The van der Waals surface area contributed by atoms with Crippen LogP contribution in [0, 0.1) is 13.8 Å². The Morgan fingerprint density at radius 1 is 1.47 bits per heavy atom. The van der Waals surface area contributed by atoms with E-state index in [1.807, 2.05) is 0 Å². The minimum Gasteiger partial charge on any atom is -0.475 e. The highest BCUT2D eigenvalue weighted by atomic mass is 16.5. The quantitative estimate of drug-likeness (QED) is 0.759. The number of carbonyl (C=O) groups is 1. The van der Waals surface area contributed by atoms with Gasteiger partial charge in [0.2, 0.25) is 11.7 Å². The fourth-order valence-corrected chi connectivity index (χ4v) is 1.70. The average molecular weight is 265 g/mol. The van der Waals surface area contributed by atoms with Crippen molar-refractivity contribution in [3.05, 3.63) is 34.9 Å². The molecule has 7 nitrogen and oxygen atoms in total. The predicted octanol–water partition coefficient (Wildman–Crippen LogP) is 1.31. The SMILES string of the molecule is Cc1noc(CCNCc2cc(C)c(C(=O)O)o2)n1. The summed E-state index contributed by atoms with van der Waals surface area (Å²) in [7, 11) is 0. The van der Waals surface area contributed by atoms with Crippen LogP contribution in [0.1, 0.15) is 33.6 Å². The Morgan fingerprint density at radius 3 is 2.84 bits per heavy atom. The van der Waals surface area contributed by atoms with Crippen LogP contribution in [0.3, 0.4) is 0 Å². The van der Waals surface area contributed by atoms with E-state index in [1.165, 1.54) is 0 Å². The Labute approximate surface area is 109 Å². The molecule has 0 saturated carbocycles. The Bertz CT molecular complexity index is 573. The third-order valence-electron chi connectivity index (χ3n) is 2.55. The van der Waals surface area contributed by atoms with Crippen molar-refractivity contribution in [2.45, 2.75) is 26.8 Å². The zero-order valence-corrected chi connectivity index (χ0v) is 10.8. The number of rotatable bonds is 6. The summed E-state index contributed by atoms with van der Waals surface area (Å²) in [5, 5.41) is 15.7. The summed E-state index contributed by atoms with van der Waals surface area (Å²) >= 11 is 0.